The molecule has 0 bridgehead atoms. The molecule has 0 aliphatic rings. The highest BCUT2D eigenvalue weighted by atomic mass is 16.5. The number of hydrogen-bond donors (Lipinski definition) is 1. The van der Waals surface area contributed by atoms with Crippen molar-refractivity contribution in [3.63, 3.8) is 0 Å². The van der Waals surface area contributed by atoms with E-state index in [1.54, 1.807) is 7.11 Å². The summed E-state index contributed by atoms with van der Waals surface area (Å²) in [5.41, 5.74) is 8.98. The van der Waals surface area contributed by atoms with Crippen molar-refractivity contribution in [2.24, 2.45) is 5.73 Å². The Hall–Kier alpha value is -2.07. The fourth-order valence-corrected chi connectivity index (χ4v) is 2.04. The Morgan fingerprint density at radius 1 is 1.20 bits per heavy atom. The smallest absolute Gasteiger partial charge is 0.133 e. The fraction of sp³-hybridized carbons (Fsp3) is 0.312. The van der Waals surface area contributed by atoms with Crippen LogP contribution >= 0.6 is 0 Å². The molecule has 0 aliphatic heterocycles. The summed E-state index contributed by atoms with van der Waals surface area (Å²) in [5.74, 6) is 1.76. The highest BCUT2D eigenvalue weighted by molar-refractivity contribution is 5.60. The Bertz CT molecular complexity index is 544. The maximum Gasteiger partial charge on any atom is 0.133 e. The van der Waals surface area contributed by atoms with Gasteiger partial charge < -0.3 is 15.4 Å². The molecule has 0 spiro atoms. The van der Waals surface area contributed by atoms with E-state index < -0.39 is 0 Å². The number of benzene rings is 1. The molecular weight excluding hydrogens is 250 g/mol. The van der Waals surface area contributed by atoms with Crippen LogP contribution in [0, 0.1) is 0 Å². The zero-order chi connectivity index (χ0) is 14.5. The number of pyridine rings is 1. The average Bonchev–Trinajstić information content (AvgIpc) is 2.53. The molecule has 20 heavy (non-hydrogen) atoms. The van der Waals surface area contributed by atoms with E-state index in [1.165, 1.54) is 0 Å². The van der Waals surface area contributed by atoms with Crippen LogP contribution in [0.3, 0.4) is 0 Å². The molecule has 0 fully saturated rings. The Kier molecular flexibility index (Phi) is 4.58. The molecule has 1 aromatic heterocycles. The molecule has 0 unspecified atom stereocenters. The number of methoxy groups -OCH3 is 1. The summed E-state index contributed by atoms with van der Waals surface area (Å²) < 4.78 is 5.18. The molecule has 4 nitrogen and oxygen atoms in total. The van der Waals surface area contributed by atoms with E-state index in [0.717, 1.165) is 34.9 Å². The van der Waals surface area contributed by atoms with Crippen LogP contribution in [-0.2, 0) is 13.0 Å². The van der Waals surface area contributed by atoms with Crippen molar-refractivity contribution < 1.29 is 4.74 Å². The maximum absolute atomic E-state index is 5.76. The second kappa shape index (κ2) is 6.39. The van der Waals surface area contributed by atoms with Gasteiger partial charge in [0.2, 0.25) is 0 Å². The predicted octanol–water partition coefficient (Wildman–Crippen LogP) is 2.88. The Labute approximate surface area is 120 Å². The quantitative estimate of drug-likeness (QED) is 0.908. The fourth-order valence-electron chi connectivity index (χ4n) is 2.04. The van der Waals surface area contributed by atoms with E-state index in [2.05, 4.69) is 22.9 Å². The van der Waals surface area contributed by atoms with E-state index >= 15 is 0 Å². The van der Waals surface area contributed by atoms with Crippen molar-refractivity contribution in [3.8, 4) is 5.75 Å². The van der Waals surface area contributed by atoms with Gasteiger partial charge in [-0.2, -0.15) is 0 Å². The van der Waals surface area contributed by atoms with Gasteiger partial charge in [-0.1, -0.05) is 6.92 Å². The Morgan fingerprint density at radius 2 is 1.90 bits per heavy atom. The molecule has 0 aliphatic carbocycles. The summed E-state index contributed by atoms with van der Waals surface area (Å²) in [6, 6.07) is 12.0. The number of aryl methyl sites for hydroxylation is 1. The molecule has 2 aromatic rings. The number of rotatable bonds is 5. The highest BCUT2D eigenvalue weighted by Gasteiger charge is 2.08. The van der Waals surface area contributed by atoms with Gasteiger partial charge in [-0.05, 0) is 48.4 Å². The van der Waals surface area contributed by atoms with E-state index in [4.69, 9.17) is 10.5 Å². The lowest BCUT2D eigenvalue weighted by Gasteiger charge is -2.20. The minimum absolute atomic E-state index is 0.527. The van der Waals surface area contributed by atoms with Crippen molar-refractivity contribution in [1.82, 2.24) is 4.98 Å². The molecule has 0 saturated heterocycles. The van der Waals surface area contributed by atoms with Gasteiger partial charge in [-0.15, -0.1) is 0 Å². The SMILES string of the molecule is CCc1cc(CN)cc(N(C)c2ccc(OC)cc2)n1. The zero-order valence-corrected chi connectivity index (χ0v) is 12.3. The van der Waals surface area contributed by atoms with Crippen LogP contribution in [0.2, 0.25) is 0 Å². The summed E-state index contributed by atoms with van der Waals surface area (Å²) >= 11 is 0. The molecule has 2 N–H and O–H groups in total. The van der Waals surface area contributed by atoms with E-state index in [-0.39, 0.29) is 0 Å². The lowest BCUT2D eigenvalue weighted by Crippen LogP contribution is -2.13. The summed E-state index contributed by atoms with van der Waals surface area (Å²) in [4.78, 5) is 6.71. The highest BCUT2D eigenvalue weighted by Crippen LogP contribution is 2.25. The first kappa shape index (κ1) is 14.3. The predicted molar refractivity (Wildman–Crippen MR) is 82.6 cm³/mol. The van der Waals surface area contributed by atoms with Gasteiger partial charge in [-0.3, -0.25) is 0 Å². The van der Waals surface area contributed by atoms with Crippen LogP contribution in [0.15, 0.2) is 36.4 Å². The number of hydrogen-bond acceptors (Lipinski definition) is 4. The third-order valence-electron chi connectivity index (χ3n) is 3.33. The first-order chi connectivity index (χ1) is 9.67. The molecule has 0 atom stereocenters. The Balaban J connectivity index is 2.33. The second-order valence-corrected chi connectivity index (χ2v) is 4.64. The molecule has 0 saturated carbocycles. The lowest BCUT2D eigenvalue weighted by molar-refractivity contribution is 0.415. The van der Waals surface area contributed by atoms with Crippen molar-refractivity contribution in [3.05, 3.63) is 47.7 Å². The van der Waals surface area contributed by atoms with Crippen LogP contribution in [0.1, 0.15) is 18.2 Å². The first-order valence-corrected chi connectivity index (χ1v) is 6.75. The van der Waals surface area contributed by atoms with Gasteiger partial charge in [0.25, 0.3) is 0 Å². The van der Waals surface area contributed by atoms with Gasteiger partial charge in [0.1, 0.15) is 11.6 Å². The van der Waals surface area contributed by atoms with Crippen molar-refractivity contribution in [1.29, 1.82) is 0 Å². The number of nitrogens with zero attached hydrogens (tertiary/aromatic N) is 2. The third-order valence-corrected chi connectivity index (χ3v) is 3.33. The van der Waals surface area contributed by atoms with Crippen LogP contribution < -0.4 is 15.4 Å². The zero-order valence-electron chi connectivity index (χ0n) is 12.3. The number of nitrogens with two attached hydrogens (primary N) is 1. The first-order valence-electron chi connectivity index (χ1n) is 6.75. The molecule has 2 rings (SSSR count). The molecular formula is C16H21N3O. The van der Waals surface area contributed by atoms with E-state index in [1.807, 2.05) is 37.4 Å². The van der Waals surface area contributed by atoms with Crippen LogP contribution in [-0.4, -0.2) is 19.1 Å². The minimum Gasteiger partial charge on any atom is -0.497 e. The van der Waals surface area contributed by atoms with Crippen LogP contribution in [0.5, 0.6) is 5.75 Å². The van der Waals surface area contributed by atoms with Crippen LogP contribution in [0.25, 0.3) is 0 Å². The lowest BCUT2D eigenvalue weighted by atomic mass is 10.2. The normalized spacial score (nSPS) is 10.4. The minimum atomic E-state index is 0.527. The molecule has 0 amide bonds. The van der Waals surface area contributed by atoms with Gasteiger partial charge in [0.05, 0.1) is 7.11 Å². The monoisotopic (exact) mass is 271 g/mol. The average molecular weight is 271 g/mol. The third kappa shape index (κ3) is 3.08. The van der Waals surface area contributed by atoms with Gasteiger partial charge >= 0.3 is 0 Å². The summed E-state index contributed by atoms with van der Waals surface area (Å²) in [7, 11) is 3.67. The van der Waals surface area contributed by atoms with Gasteiger partial charge in [-0.25, -0.2) is 4.98 Å². The topological polar surface area (TPSA) is 51.4 Å². The molecule has 1 aromatic carbocycles. The summed E-state index contributed by atoms with van der Waals surface area (Å²) in [6.07, 6.45) is 0.900. The van der Waals surface area contributed by atoms with E-state index in [0.29, 0.717) is 6.54 Å². The Morgan fingerprint density at radius 3 is 2.45 bits per heavy atom. The molecule has 0 radical (unpaired) electrons. The largest absolute Gasteiger partial charge is 0.497 e. The standard InChI is InChI=1S/C16H21N3O/c1-4-13-9-12(11-17)10-16(18-13)19(2)14-5-7-15(20-3)8-6-14/h5-10H,4,11,17H2,1-3H3. The molecule has 4 heteroatoms. The van der Waals surface area contributed by atoms with Crippen molar-refractivity contribution in [2.75, 3.05) is 19.1 Å². The summed E-state index contributed by atoms with van der Waals surface area (Å²) in [6.45, 7) is 2.62. The number of anilines is 2. The van der Waals surface area contributed by atoms with Gasteiger partial charge in [0.15, 0.2) is 0 Å². The van der Waals surface area contributed by atoms with Crippen molar-refractivity contribution >= 4 is 11.5 Å². The number of ether oxygens (including phenoxy) is 1. The summed E-state index contributed by atoms with van der Waals surface area (Å²) in [5, 5.41) is 0. The van der Waals surface area contributed by atoms with E-state index in [9.17, 15) is 0 Å². The second-order valence-electron chi connectivity index (χ2n) is 4.64. The maximum atomic E-state index is 5.76. The molecule has 1 heterocycles. The van der Waals surface area contributed by atoms with Crippen LogP contribution in [0.4, 0.5) is 11.5 Å². The van der Waals surface area contributed by atoms with Gasteiger partial charge in [0, 0.05) is 25.0 Å². The molecule has 106 valence electrons. The van der Waals surface area contributed by atoms with Crippen molar-refractivity contribution in [2.45, 2.75) is 19.9 Å². The number of aromatic nitrogens is 1.